The van der Waals surface area contributed by atoms with Gasteiger partial charge in [-0.2, -0.15) is 0 Å². The average molecular weight is 443 g/mol. The number of allylic oxidation sites excluding steroid dienone is 1. The summed E-state index contributed by atoms with van der Waals surface area (Å²) in [6.07, 6.45) is 5.57. The van der Waals surface area contributed by atoms with Crippen molar-refractivity contribution in [3.8, 4) is 0 Å². The third kappa shape index (κ3) is 5.23. The van der Waals surface area contributed by atoms with Gasteiger partial charge in [-0.1, -0.05) is 93.6 Å². The maximum absolute atomic E-state index is 11.7. The van der Waals surface area contributed by atoms with Gasteiger partial charge < -0.3 is 9.16 Å². The smallest absolute Gasteiger partial charge is 0.306 e. The minimum atomic E-state index is -2.67. The van der Waals surface area contributed by atoms with Crippen molar-refractivity contribution in [1.29, 1.82) is 0 Å². The van der Waals surface area contributed by atoms with Gasteiger partial charge in [-0.3, -0.25) is 4.79 Å². The molecule has 160 valence electrons. The SMILES string of the molecule is CC(C)(C)[Si](O[C@@H]1/C=C/CCC(=O)OC[C@H](Cl)C1)(c1ccccc1)c1ccccc1. The van der Waals surface area contributed by atoms with Gasteiger partial charge in [-0.25, -0.2) is 0 Å². The van der Waals surface area contributed by atoms with Gasteiger partial charge in [0.1, 0.15) is 6.61 Å². The topological polar surface area (TPSA) is 35.5 Å². The fraction of sp³-hybridized carbons (Fsp3) is 0.400. The molecule has 0 radical (unpaired) electrons. The Morgan fingerprint density at radius 3 is 2.10 bits per heavy atom. The van der Waals surface area contributed by atoms with Crippen molar-refractivity contribution >= 4 is 36.3 Å². The number of esters is 1. The van der Waals surface area contributed by atoms with Gasteiger partial charge in [0.05, 0.1) is 11.5 Å². The van der Waals surface area contributed by atoms with Crippen molar-refractivity contribution in [1.82, 2.24) is 0 Å². The van der Waals surface area contributed by atoms with Crippen molar-refractivity contribution in [3.05, 3.63) is 72.8 Å². The molecule has 0 amide bonds. The van der Waals surface area contributed by atoms with Crippen molar-refractivity contribution in [2.75, 3.05) is 6.61 Å². The molecule has 0 spiro atoms. The highest BCUT2D eigenvalue weighted by Crippen LogP contribution is 2.38. The van der Waals surface area contributed by atoms with Crippen LogP contribution in [-0.2, 0) is 14.0 Å². The molecule has 3 nitrogen and oxygen atoms in total. The van der Waals surface area contributed by atoms with Crippen LogP contribution < -0.4 is 10.4 Å². The van der Waals surface area contributed by atoms with Crippen LogP contribution in [0.4, 0.5) is 0 Å². The van der Waals surface area contributed by atoms with E-state index in [1.54, 1.807) is 0 Å². The Labute approximate surface area is 186 Å². The lowest BCUT2D eigenvalue weighted by molar-refractivity contribution is -0.143. The van der Waals surface area contributed by atoms with E-state index in [9.17, 15) is 4.79 Å². The van der Waals surface area contributed by atoms with Crippen LogP contribution in [0, 0.1) is 0 Å². The molecule has 3 rings (SSSR count). The summed E-state index contributed by atoms with van der Waals surface area (Å²) in [7, 11) is -2.67. The van der Waals surface area contributed by atoms with E-state index in [1.165, 1.54) is 10.4 Å². The van der Waals surface area contributed by atoms with Crippen LogP contribution in [0.1, 0.15) is 40.0 Å². The average Bonchev–Trinajstić information content (AvgIpc) is 2.73. The van der Waals surface area contributed by atoms with E-state index >= 15 is 0 Å². The zero-order valence-electron chi connectivity index (χ0n) is 18.0. The van der Waals surface area contributed by atoms with Crippen LogP contribution in [0.5, 0.6) is 0 Å². The lowest BCUT2D eigenvalue weighted by Crippen LogP contribution is -2.67. The minimum absolute atomic E-state index is 0.104. The molecule has 1 aliphatic heterocycles. The third-order valence-corrected chi connectivity index (χ3v) is 10.9. The number of rotatable bonds is 4. The summed E-state index contributed by atoms with van der Waals surface area (Å²) in [6.45, 7) is 7.02. The molecule has 2 atom stereocenters. The van der Waals surface area contributed by atoms with E-state index in [0.717, 1.165) is 0 Å². The summed E-state index contributed by atoms with van der Waals surface area (Å²) in [6, 6.07) is 21.2. The molecule has 0 saturated carbocycles. The van der Waals surface area contributed by atoms with Crippen molar-refractivity contribution in [2.45, 2.75) is 56.6 Å². The summed E-state index contributed by atoms with van der Waals surface area (Å²) in [4.78, 5) is 11.7. The van der Waals surface area contributed by atoms with Crippen LogP contribution in [0.25, 0.3) is 0 Å². The molecule has 0 N–H and O–H groups in total. The molecule has 0 aromatic heterocycles. The molecule has 1 aliphatic rings. The van der Waals surface area contributed by atoms with Gasteiger partial charge in [-0.15, -0.1) is 11.6 Å². The maximum Gasteiger partial charge on any atom is 0.306 e. The molecule has 0 unspecified atom stereocenters. The number of carbonyl (C=O) groups is 1. The minimum Gasteiger partial charge on any atom is -0.464 e. The monoisotopic (exact) mass is 442 g/mol. The highest BCUT2D eigenvalue weighted by molar-refractivity contribution is 6.99. The van der Waals surface area contributed by atoms with Crippen LogP contribution in [0.3, 0.4) is 0 Å². The highest BCUT2D eigenvalue weighted by Gasteiger charge is 2.51. The van der Waals surface area contributed by atoms with E-state index in [1.807, 2.05) is 18.2 Å². The molecule has 0 aliphatic carbocycles. The Kier molecular flexibility index (Phi) is 7.56. The first-order valence-corrected chi connectivity index (χ1v) is 12.9. The Balaban J connectivity index is 2.08. The van der Waals surface area contributed by atoms with Crippen LogP contribution in [0.2, 0.25) is 5.04 Å². The number of hydrogen-bond acceptors (Lipinski definition) is 3. The largest absolute Gasteiger partial charge is 0.464 e. The first kappa shape index (κ1) is 22.8. The second-order valence-electron chi connectivity index (χ2n) is 8.80. The highest BCUT2D eigenvalue weighted by atomic mass is 35.5. The van der Waals surface area contributed by atoms with Crippen LogP contribution >= 0.6 is 11.6 Å². The zero-order valence-corrected chi connectivity index (χ0v) is 19.8. The molecule has 5 heteroatoms. The predicted octanol–water partition coefficient (Wildman–Crippen LogP) is 4.82. The second-order valence-corrected chi connectivity index (χ2v) is 13.7. The number of halogens is 1. The van der Waals surface area contributed by atoms with E-state index in [-0.39, 0.29) is 29.1 Å². The fourth-order valence-corrected chi connectivity index (χ4v) is 8.99. The summed E-state index contributed by atoms with van der Waals surface area (Å²) in [5, 5.41) is 2.09. The van der Waals surface area contributed by atoms with Crippen molar-refractivity contribution < 1.29 is 14.0 Å². The normalized spacial score (nSPS) is 22.2. The first-order valence-electron chi connectivity index (χ1n) is 10.6. The molecule has 1 heterocycles. The summed E-state index contributed by atoms with van der Waals surface area (Å²) < 4.78 is 12.5. The van der Waals surface area contributed by atoms with Crippen LogP contribution in [0.15, 0.2) is 72.8 Å². The molecule has 2 aromatic carbocycles. The number of hydrogen-bond donors (Lipinski definition) is 0. The Hall–Kier alpha value is -1.88. The van der Waals surface area contributed by atoms with E-state index in [0.29, 0.717) is 19.3 Å². The van der Waals surface area contributed by atoms with Gasteiger partial charge in [0.25, 0.3) is 8.32 Å². The molecular weight excluding hydrogens is 412 g/mol. The Morgan fingerprint density at radius 1 is 1.00 bits per heavy atom. The van der Waals surface area contributed by atoms with E-state index < -0.39 is 8.32 Å². The van der Waals surface area contributed by atoms with Crippen molar-refractivity contribution in [3.63, 3.8) is 0 Å². The molecule has 2 aromatic rings. The molecule has 0 bridgehead atoms. The van der Waals surface area contributed by atoms with Gasteiger partial charge in [0.15, 0.2) is 0 Å². The molecule has 30 heavy (non-hydrogen) atoms. The first-order chi connectivity index (χ1) is 14.3. The standard InChI is InChI=1S/C25H31ClO3Si/c1-25(2,3)30(22-13-6-4-7-14-22,23-15-8-5-9-16-23)29-21-12-10-11-17-24(27)28-19-20(26)18-21/h4-10,12-16,20-21H,11,17-19H2,1-3H3/b12-10+/t20-,21-/m1/s1. The van der Waals surface area contributed by atoms with Gasteiger partial charge in [0, 0.05) is 6.42 Å². The third-order valence-electron chi connectivity index (χ3n) is 5.52. The zero-order chi connectivity index (χ0) is 21.6. The lowest BCUT2D eigenvalue weighted by Gasteiger charge is -2.45. The van der Waals surface area contributed by atoms with Gasteiger partial charge >= 0.3 is 5.97 Å². The number of carbonyl (C=O) groups excluding carboxylic acids is 1. The van der Waals surface area contributed by atoms with Crippen molar-refractivity contribution in [2.24, 2.45) is 0 Å². The summed E-state index contributed by atoms with van der Waals surface area (Å²) >= 11 is 6.54. The van der Waals surface area contributed by atoms with Gasteiger partial charge in [0.2, 0.25) is 0 Å². The fourth-order valence-electron chi connectivity index (χ4n) is 4.11. The summed E-state index contributed by atoms with van der Waals surface area (Å²) in [5.74, 6) is -0.198. The quantitative estimate of drug-likeness (QED) is 0.294. The number of ether oxygens (including phenoxy) is 1. The second kappa shape index (κ2) is 9.95. The maximum atomic E-state index is 11.7. The number of cyclic esters (lactones) is 1. The number of alkyl halides is 1. The Morgan fingerprint density at radius 2 is 1.57 bits per heavy atom. The van der Waals surface area contributed by atoms with E-state index in [4.69, 9.17) is 20.8 Å². The van der Waals surface area contributed by atoms with Gasteiger partial charge in [-0.05, 0) is 28.3 Å². The summed E-state index contributed by atoms with van der Waals surface area (Å²) in [5.41, 5.74) is 0. The van der Waals surface area contributed by atoms with E-state index in [2.05, 4.69) is 75.4 Å². The Bertz CT molecular complexity index is 806. The van der Waals surface area contributed by atoms with Crippen LogP contribution in [-0.4, -0.2) is 32.4 Å². The molecule has 0 saturated heterocycles. The number of benzene rings is 2. The lowest BCUT2D eigenvalue weighted by atomic mass is 10.1. The molecule has 0 fully saturated rings. The molecular formula is C25H31ClO3Si. The predicted molar refractivity (Wildman–Crippen MR) is 126 cm³/mol.